The van der Waals surface area contributed by atoms with Crippen LogP contribution in [0, 0.1) is 11.6 Å². The topological polar surface area (TPSA) is 32.8 Å². The van der Waals surface area contributed by atoms with Crippen LogP contribution in [0.5, 0.6) is 0 Å². The molecule has 0 saturated heterocycles. The lowest BCUT2D eigenvalue weighted by atomic mass is 9.67. The first kappa shape index (κ1) is 44.6. The number of para-hydroxylation sites is 4. The summed E-state index contributed by atoms with van der Waals surface area (Å²) in [6.45, 7) is 0. The second-order valence-corrected chi connectivity index (χ2v) is 21.8. The van der Waals surface area contributed by atoms with Gasteiger partial charge in [0.1, 0.15) is 22.8 Å². The molecule has 17 rings (SSSR count). The van der Waals surface area contributed by atoms with E-state index in [9.17, 15) is 0 Å². The molecule has 0 radical (unpaired) electrons. The zero-order valence-corrected chi connectivity index (χ0v) is 42.9. The quantitative estimate of drug-likeness (QED) is 0.166. The van der Waals surface area contributed by atoms with Crippen molar-refractivity contribution in [2.75, 3.05) is 9.80 Å². The van der Waals surface area contributed by atoms with Crippen molar-refractivity contribution in [2.45, 2.75) is 43.6 Å². The molecule has 0 aliphatic heterocycles. The Hall–Kier alpha value is -9.52. The van der Waals surface area contributed by atoms with Crippen molar-refractivity contribution < 1.29 is 17.6 Å². The van der Waals surface area contributed by atoms with Crippen LogP contribution in [0.2, 0.25) is 0 Å². The molecule has 2 heterocycles. The summed E-state index contributed by atoms with van der Waals surface area (Å²) in [5.74, 6) is -0.592. The molecular weight excluding hydrogens is 975 g/mol. The predicted octanol–water partition coefficient (Wildman–Crippen LogP) is 19.6. The first-order valence-corrected chi connectivity index (χ1v) is 27.6. The fourth-order valence-electron chi connectivity index (χ4n) is 14.7. The van der Waals surface area contributed by atoms with Crippen molar-refractivity contribution in [3.63, 3.8) is 0 Å². The highest BCUT2D eigenvalue weighted by atomic mass is 19.1. The van der Waals surface area contributed by atoms with Crippen molar-refractivity contribution >= 4 is 101 Å². The molecule has 0 N–H and O–H groups in total. The van der Waals surface area contributed by atoms with Crippen molar-refractivity contribution in [1.82, 2.24) is 0 Å². The van der Waals surface area contributed by atoms with Crippen LogP contribution < -0.4 is 9.80 Å². The molecule has 0 saturated carbocycles. The van der Waals surface area contributed by atoms with Gasteiger partial charge >= 0.3 is 0 Å². The second-order valence-electron chi connectivity index (χ2n) is 21.8. The van der Waals surface area contributed by atoms with Gasteiger partial charge in [0.05, 0.1) is 22.8 Å². The van der Waals surface area contributed by atoms with Gasteiger partial charge in [0.2, 0.25) is 0 Å². The maximum atomic E-state index is 15.1. The third-order valence-corrected chi connectivity index (χ3v) is 17.9. The lowest BCUT2D eigenvalue weighted by Crippen LogP contribution is -2.36. The van der Waals surface area contributed by atoms with Gasteiger partial charge in [0.25, 0.3) is 0 Å². The Kier molecular flexibility index (Phi) is 9.45. The van der Waals surface area contributed by atoms with E-state index in [-0.39, 0.29) is 17.7 Å². The first-order valence-electron chi connectivity index (χ1n) is 27.6. The summed E-state index contributed by atoms with van der Waals surface area (Å²) in [6, 6.07) is 63.7. The van der Waals surface area contributed by atoms with Crippen LogP contribution in [0.25, 0.3) is 83.5 Å². The number of rotatable bonds is 6. The minimum absolute atomic E-state index is 0.223. The number of anilines is 5. The fourth-order valence-corrected chi connectivity index (χ4v) is 14.7. The average molecular weight is 1020 g/mol. The third kappa shape index (κ3) is 6.28. The molecule has 4 nitrogen and oxygen atoms in total. The van der Waals surface area contributed by atoms with Crippen LogP contribution in [-0.4, -0.2) is 6.04 Å². The summed E-state index contributed by atoms with van der Waals surface area (Å²) in [4.78, 5) is 4.60. The van der Waals surface area contributed by atoms with Crippen molar-refractivity contribution in [3.05, 3.63) is 274 Å². The maximum Gasteiger partial charge on any atom is 0.159 e. The Balaban J connectivity index is 0.938. The Bertz CT molecular complexity index is 4740. The molecule has 5 aliphatic rings. The monoisotopic (exact) mass is 1020 g/mol. The number of fused-ring (bicyclic) bond motifs is 21. The van der Waals surface area contributed by atoms with Gasteiger partial charge in [-0.3, -0.25) is 0 Å². The molecular formula is C73H48F2N2O2. The summed E-state index contributed by atoms with van der Waals surface area (Å²) in [7, 11) is 0. The van der Waals surface area contributed by atoms with Crippen LogP contribution in [0.1, 0.15) is 63.8 Å². The molecule has 2 aromatic heterocycles. The lowest BCUT2D eigenvalue weighted by Gasteiger charge is -2.39. The number of benzene rings is 10. The molecule has 1 spiro atoms. The summed E-state index contributed by atoms with van der Waals surface area (Å²) in [5.41, 5.74) is 22.3. The van der Waals surface area contributed by atoms with Gasteiger partial charge in [0, 0.05) is 38.6 Å². The van der Waals surface area contributed by atoms with E-state index in [1.54, 1.807) is 12.1 Å². The number of nitrogens with zero attached hydrogens (tertiary/aromatic N) is 2. The summed E-state index contributed by atoms with van der Waals surface area (Å²) in [6.07, 6.45) is 19.0. The Morgan fingerprint density at radius 2 is 1.01 bits per heavy atom. The molecule has 10 aromatic carbocycles. The zero-order chi connectivity index (χ0) is 52.1. The minimum atomic E-state index is -0.763. The smallest absolute Gasteiger partial charge is 0.159 e. The van der Waals surface area contributed by atoms with Gasteiger partial charge < -0.3 is 18.6 Å². The highest BCUT2D eigenvalue weighted by molar-refractivity contribution is 6.12. The molecule has 0 bridgehead atoms. The van der Waals surface area contributed by atoms with Gasteiger partial charge in [-0.2, -0.15) is 0 Å². The van der Waals surface area contributed by atoms with E-state index in [1.807, 2.05) is 54.6 Å². The van der Waals surface area contributed by atoms with Gasteiger partial charge in [-0.15, -0.1) is 0 Å². The largest absolute Gasteiger partial charge is 0.454 e. The van der Waals surface area contributed by atoms with Crippen LogP contribution in [-0.2, 0) is 18.3 Å². The van der Waals surface area contributed by atoms with Crippen LogP contribution in [0.15, 0.2) is 227 Å². The Morgan fingerprint density at radius 1 is 0.443 bits per heavy atom. The first-order chi connectivity index (χ1) is 39.0. The fraction of sp³-hybridized carbons (Fsp3) is 0.0959. The number of halogens is 2. The normalized spacial score (nSPS) is 17.5. The van der Waals surface area contributed by atoms with E-state index < -0.39 is 5.41 Å². The standard InChI is InChI=1S/C73H48F2N2O2/c74-43-27-31-45(32-28-43)76(67-23-11-20-58-56-18-6-9-25-69(56)78-71(58)67)47-35-37-54-55-38-36-48(77(46-33-29-44(75)30-34-46)68-24-12-21-59-57-19-7-10-26-70(57)79-72(59)68)40-65(55)73(64(54)39-47)63-22-8-5-17-53(63)62-41-60-51-15-3-1-13-49(51)50-14-2-4-16-52(50)61(60)42-66(62)73/h3-12,15-39,41-42,48H,1-2,13-14,40H2. The van der Waals surface area contributed by atoms with E-state index in [4.69, 9.17) is 8.83 Å². The number of allylic oxidation sites excluding steroid dienone is 4. The molecule has 2 unspecified atom stereocenters. The minimum Gasteiger partial charge on any atom is -0.454 e. The zero-order valence-electron chi connectivity index (χ0n) is 42.9. The summed E-state index contributed by atoms with van der Waals surface area (Å²) in [5, 5.41) is 6.71. The third-order valence-electron chi connectivity index (χ3n) is 17.9. The SMILES string of the molecule is Fc1ccc(N(c2ccc3c(c2)C2(C4=C3C=CC(N(c3ccc(F)cc3)c3cccc5c3oc3ccccc35)C4)c3ccccc3-c3cc4c5c(c6c(c4cc32)C=CCC6)CCC=C5)c2cccc3c2oc2ccccc23)cc1. The average Bonchev–Trinajstić information content (AvgIpc) is 2.40. The van der Waals surface area contributed by atoms with Gasteiger partial charge in [-0.1, -0.05) is 127 Å². The van der Waals surface area contributed by atoms with Crippen molar-refractivity contribution in [1.29, 1.82) is 0 Å². The summed E-state index contributed by atoms with van der Waals surface area (Å²) < 4.78 is 43.7. The van der Waals surface area contributed by atoms with Crippen molar-refractivity contribution in [2.24, 2.45) is 0 Å². The van der Waals surface area contributed by atoms with Gasteiger partial charge in [-0.05, 0) is 207 Å². The lowest BCUT2D eigenvalue weighted by molar-refractivity contribution is 0.626. The van der Waals surface area contributed by atoms with Crippen LogP contribution in [0.4, 0.5) is 37.2 Å². The Morgan fingerprint density at radius 3 is 1.71 bits per heavy atom. The highest BCUT2D eigenvalue weighted by Gasteiger charge is 2.54. The van der Waals surface area contributed by atoms with Crippen molar-refractivity contribution in [3.8, 4) is 11.1 Å². The molecule has 5 aliphatic carbocycles. The second kappa shape index (κ2) is 16.7. The van der Waals surface area contributed by atoms with E-state index in [2.05, 4.69) is 155 Å². The Labute approximate surface area is 454 Å². The molecule has 0 amide bonds. The molecule has 376 valence electrons. The maximum absolute atomic E-state index is 15.1. The van der Waals surface area contributed by atoms with Gasteiger partial charge in [0.15, 0.2) is 11.2 Å². The van der Waals surface area contributed by atoms with E-state index in [0.717, 1.165) is 98.0 Å². The van der Waals surface area contributed by atoms with Crippen LogP contribution >= 0.6 is 0 Å². The molecule has 2 atom stereocenters. The molecule has 12 aromatic rings. The number of hydrogen-bond donors (Lipinski definition) is 0. The molecule has 0 fully saturated rings. The van der Waals surface area contributed by atoms with Gasteiger partial charge in [-0.25, -0.2) is 8.78 Å². The van der Waals surface area contributed by atoms with E-state index >= 15 is 8.78 Å². The molecule has 6 heteroatoms. The highest BCUT2D eigenvalue weighted by Crippen LogP contribution is 2.65. The predicted molar refractivity (Wildman–Crippen MR) is 319 cm³/mol. The number of hydrogen-bond acceptors (Lipinski definition) is 4. The summed E-state index contributed by atoms with van der Waals surface area (Å²) >= 11 is 0. The van der Waals surface area contributed by atoms with E-state index in [1.165, 1.54) is 89.7 Å². The van der Waals surface area contributed by atoms with E-state index in [0.29, 0.717) is 6.42 Å². The van der Waals surface area contributed by atoms with Crippen LogP contribution in [0.3, 0.4) is 0 Å². The number of furan rings is 2. The molecule has 79 heavy (non-hydrogen) atoms.